The average Bonchev–Trinajstić information content (AvgIpc) is 2.84. The molecular weight excluding hydrogens is 264 g/mol. The summed E-state index contributed by atoms with van der Waals surface area (Å²) in [6.45, 7) is 0. The first kappa shape index (κ1) is 10.4. The highest BCUT2D eigenvalue weighted by molar-refractivity contribution is 9.09. The van der Waals surface area contributed by atoms with Crippen LogP contribution in [-0.2, 0) is 0 Å². The summed E-state index contributed by atoms with van der Waals surface area (Å²) >= 11 is 5.13. The molecule has 1 fully saturated rings. The summed E-state index contributed by atoms with van der Waals surface area (Å²) < 4.78 is 2.00. The van der Waals surface area contributed by atoms with Gasteiger partial charge in [0.1, 0.15) is 0 Å². The Morgan fingerprint density at radius 3 is 2.93 bits per heavy atom. The summed E-state index contributed by atoms with van der Waals surface area (Å²) in [5.74, 6) is 1.02. The number of rotatable bonds is 4. The monoisotopic (exact) mass is 276 g/mol. The molecule has 1 saturated carbocycles. The lowest BCUT2D eigenvalue weighted by molar-refractivity contribution is 0.423. The van der Waals surface area contributed by atoms with Crippen LogP contribution in [0.15, 0.2) is 5.16 Å². The lowest BCUT2D eigenvalue weighted by atomic mass is 10.3. The summed E-state index contributed by atoms with van der Waals surface area (Å²) in [7, 11) is 0. The van der Waals surface area contributed by atoms with Crippen LogP contribution >= 0.6 is 27.7 Å². The second kappa shape index (κ2) is 5.11. The SMILES string of the molecule is BrCCSc1nnnn1C1CCCC1. The maximum Gasteiger partial charge on any atom is 0.209 e. The zero-order valence-corrected chi connectivity index (χ0v) is 10.3. The van der Waals surface area contributed by atoms with E-state index in [1.807, 2.05) is 4.68 Å². The molecule has 0 spiro atoms. The van der Waals surface area contributed by atoms with Crippen LogP contribution in [0.5, 0.6) is 0 Å². The minimum atomic E-state index is 0.544. The number of nitrogens with zero attached hydrogens (tertiary/aromatic N) is 4. The van der Waals surface area contributed by atoms with Crippen molar-refractivity contribution in [1.29, 1.82) is 0 Å². The predicted octanol–water partition coefficient (Wildman–Crippen LogP) is 2.28. The molecule has 0 N–H and O–H groups in total. The van der Waals surface area contributed by atoms with Crippen molar-refractivity contribution in [2.24, 2.45) is 0 Å². The maximum atomic E-state index is 4.07. The average molecular weight is 277 g/mol. The molecule has 1 aromatic rings. The van der Waals surface area contributed by atoms with E-state index in [2.05, 4.69) is 31.5 Å². The molecule has 0 unspecified atom stereocenters. The van der Waals surface area contributed by atoms with Crippen LogP contribution in [0.25, 0.3) is 0 Å². The summed E-state index contributed by atoms with van der Waals surface area (Å²) in [5, 5.41) is 13.8. The molecule has 1 aliphatic carbocycles. The fourth-order valence-corrected chi connectivity index (χ4v) is 2.95. The first-order valence-electron chi connectivity index (χ1n) is 4.88. The first-order valence-corrected chi connectivity index (χ1v) is 6.99. The van der Waals surface area contributed by atoms with Gasteiger partial charge in [-0.3, -0.25) is 0 Å². The van der Waals surface area contributed by atoms with Crippen LogP contribution in [0.3, 0.4) is 0 Å². The zero-order valence-electron chi connectivity index (χ0n) is 7.90. The Bertz CT molecular complexity index is 285. The van der Waals surface area contributed by atoms with E-state index in [9.17, 15) is 0 Å². The van der Waals surface area contributed by atoms with Gasteiger partial charge in [0.2, 0.25) is 5.16 Å². The Morgan fingerprint density at radius 1 is 1.43 bits per heavy atom. The molecule has 6 heteroatoms. The van der Waals surface area contributed by atoms with Crippen molar-refractivity contribution >= 4 is 27.7 Å². The molecule has 1 heterocycles. The quantitative estimate of drug-likeness (QED) is 0.625. The lowest BCUT2D eigenvalue weighted by Gasteiger charge is -2.09. The summed E-state index contributed by atoms with van der Waals surface area (Å²) in [5.41, 5.74) is 0. The number of tetrazole rings is 1. The Kier molecular flexibility index (Phi) is 3.81. The van der Waals surface area contributed by atoms with Crippen molar-refractivity contribution in [3.05, 3.63) is 0 Å². The lowest BCUT2D eigenvalue weighted by Crippen LogP contribution is -2.08. The number of hydrogen-bond donors (Lipinski definition) is 0. The normalized spacial score (nSPS) is 17.8. The van der Waals surface area contributed by atoms with E-state index >= 15 is 0 Å². The third-order valence-electron chi connectivity index (χ3n) is 2.44. The van der Waals surface area contributed by atoms with Crippen molar-refractivity contribution in [2.75, 3.05) is 11.1 Å². The van der Waals surface area contributed by atoms with E-state index in [0.29, 0.717) is 6.04 Å². The molecule has 1 aromatic heterocycles. The molecule has 0 amide bonds. The molecule has 0 bridgehead atoms. The van der Waals surface area contributed by atoms with Crippen molar-refractivity contribution < 1.29 is 0 Å². The Labute approximate surface area is 96.0 Å². The highest BCUT2D eigenvalue weighted by atomic mass is 79.9. The number of hydrogen-bond acceptors (Lipinski definition) is 4. The first-order chi connectivity index (χ1) is 6.92. The van der Waals surface area contributed by atoms with Gasteiger partial charge in [-0.2, -0.15) is 0 Å². The van der Waals surface area contributed by atoms with Crippen LogP contribution in [0.1, 0.15) is 31.7 Å². The van der Waals surface area contributed by atoms with E-state index in [1.54, 1.807) is 11.8 Å². The topological polar surface area (TPSA) is 43.6 Å². The number of thioether (sulfide) groups is 1. The largest absolute Gasteiger partial charge is 0.217 e. The molecule has 0 atom stereocenters. The Balaban J connectivity index is 2.04. The van der Waals surface area contributed by atoms with Crippen LogP contribution in [0.4, 0.5) is 0 Å². The molecule has 0 aromatic carbocycles. The van der Waals surface area contributed by atoms with Gasteiger partial charge in [-0.25, -0.2) is 4.68 Å². The predicted molar refractivity (Wildman–Crippen MR) is 59.8 cm³/mol. The molecule has 4 nitrogen and oxygen atoms in total. The molecule has 14 heavy (non-hydrogen) atoms. The van der Waals surface area contributed by atoms with Crippen molar-refractivity contribution in [3.63, 3.8) is 0 Å². The van der Waals surface area contributed by atoms with Crippen molar-refractivity contribution in [1.82, 2.24) is 20.2 Å². The van der Waals surface area contributed by atoms with Gasteiger partial charge in [0.25, 0.3) is 0 Å². The van der Waals surface area contributed by atoms with E-state index < -0.39 is 0 Å². The second-order valence-corrected chi connectivity index (χ2v) is 5.24. The maximum absolute atomic E-state index is 4.07. The van der Waals surface area contributed by atoms with Gasteiger partial charge in [0, 0.05) is 11.1 Å². The second-order valence-electron chi connectivity index (χ2n) is 3.38. The van der Waals surface area contributed by atoms with E-state index in [-0.39, 0.29) is 0 Å². The van der Waals surface area contributed by atoms with Crippen LogP contribution in [0.2, 0.25) is 0 Å². The van der Waals surface area contributed by atoms with Gasteiger partial charge in [0.05, 0.1) is 6.04 Å². The van der Waals surface area contributed by atoms with Crippen LogP contribution < -0.4 is 0 Å². The summed E-state index contributed by atoms with van der Waals surface area (Å²) in [6.07, 6.45) is 5.08. The molecule has 2 rings (SSSR count). The number of alkyl halides is 1. The molecule has 0 radical (unpaired) electrons. The molecule has 0 saturated heterocycles. The third kappa shape index (κ3) is 2.28. The molecule has 1 aliphatic rings. The Morgan fingerprint density at radius 2 is 2.21 bits per heavy atom. The number of aromatic nitrogens is 4. The van der Waals surface area contributed by atoms with Crippen molar-refractivity contribution in [2.45, 2.75) is 36.9 Å². The van der Waals surface area contributed by atoms with Crippen molar-refractivity contribution in [3.8, 4) is 0 Å². The highest BCUT2D eigenvalue weighted by Crippen LogP contribution is 2.31. The summed E-state index contributed by atoms with van der Waals surface area (Å²) in [4.78, 5) is 0. The molecule has 0 aliphatic heterocycles. The van der Waals surface area contributed by atoms with Gasteiger partial charge in [-0.15, -0.1) is 5.10 Å². The smallest absolute Gasteiger partial charge is 0.209 e. The van der Waals surface area contributed by atoms with Gasteiger partial charge in [-0.1, -0.05) is 40.5 Å². The fraction of sp³-hybridized carbons (Fsp3) is 0.875. The highest BCUT2D eigenvalue weighted by Gasteiger charge is 2.21. The number of halogens is 1. The standard InChI is InChI=1S/C8H13BrN4S/c9-5-6-14-8-10-11-12-13(8)7-3-1-2-4-7/h7H,1-6H2. The minimum Gasteiger partial charge on any atom is -0.217 e. The summed E-state index contributed by atoms with van der Waals surface area (Å²) in [6, 6.07) is 0.544. The van der Waals surface area contributed by atoms with Crippen LogP contribution in [-0.4, -0.2) is 31.3 Å². The van der Waals surface area contributed by atoms with E-state index in [0.717, 1.165) is 16.2 Å². The fourth-order valence-electron chi connectivity index (χ4n) is 1.79. The Hall–Kier alpha value is -0.100. The van der Waals surface area contributed by atoms with Gasteiger partial charge in [-0.05, 0) is 23.3 Å². The van der Waals surface area contributed by atoms with Gasteiger partial charge >= 0.3 is 0 Å². The zero-order chi connectivity index (χ0) is 9.80. The van der Waals surface area contributed by atoms with Gasteiger partial charge in [0.15, 0.2) is 0 Å². The van der Waals surface area contributed by atoms with E-state index in [1.165, 1.54) is 25.7 Å². The molecular formula is C8H13BrN4S. The minimum absolute atomic E-state index is 0.544. The molecule has 78 valence electrons. The van der Waals surface area contributed by atoms with Gasteiger partial charge < -0.3 is 0 Å². The van der Waals surface area contributed by atoms with Crippen LogP contribution in [0, 0.1) is 0 Å². The van der Waals surface area contributed by atoms with E-state index in [4.69, 9.17) is 0 Å². The third-order valence-corrected chi connectivity index (χ3v) is 4.30.